The van der Waals surface area contributed by atoms with Crippen molar-refractivity contribution in [1.82, 2.24) is 9.55 Å². The largest absolute Gasteiger partial charge is 1.00 e. The quantitative estimate of drug-likeness (QED) is 0.466. The molecule has 0 unspecified atom stereocenters. The van der Waals surface area contributed by atoms with Crippen molar-refractivity contribution in [2.45, 2.75) is 13.4 Å². The maximum absolute atomic E-state index is 11.9. The van der Waals surface area contributed by atoms with Gasteiger partial charge in [0, 0.05) is 13.1 Å². The number of hydrogen-bond acceptors (Lipinski definition) is 2. The Morgan fingerprint density at radius 3 is 2.50 bits per heavy atom. The average Bonchev–Trinajstić information content (AvgIpc) is 2.31. The molecule has 3 nitrogen and oxygen atoms in total. The minimum atomic E-state index is -4.88. The van der Waals surface area contributed by atoms with Crippen molar-refractivity contribution in [2.24, 2.45) is 0 Å². The van der Waals surface area contributed by atoms with Gasteiger partial charge in [-0.15, -0.1) is 0 Å². The molecule has 0 amide bonds. The molecule has 0 radical (unpaired) electrons. The fraction of sp³-hybridized carbons (Fsp3) is 0.333. The van der Waals surface area contributed by atoms with E-state index in [4.69, 9.17) is 0 Å². The van der Waals surface area contributed by atoms with E-state index in [2.05, 4.69) is 4.98 Å². The first kappa shape index (κ1) is 14.4. The Kier molecular flexibility index (Phi) is 5.60. The van der Waals surface area contributed by atoms with Gasteiger partial charge in [-0.3, -0.25) is 4.79 Å². The molecule has 0 aliphatic heterocycles. The van der Waals surface area contributed by atoms with E-state index in [0.29, 0.717) is 0 Å². The number of hydrogen-bond donors (Lipinski definition) is 0. The molecule has 1 heterocycles. The van der Waals surface area contributed by atoms with Crippen LogP contribution >= 0.6 is 0 Å². The molecule has 0 aromatic carbocycles. The van der Waals surface area contributed by atoms with Crippen molar-refractivity contribution >= 4 is 12.8 Å². The third kappa shape index (κ3) is 4.74. The molecule has 72 valence electrons. The van der Waals surface area contributed by atoms with Gasteiger partial charge in [-0.05, 0) is 6.44 Å². The molecular weight excluding hydrogens is 223 g/mol. The van der Waals surface area contributed by atoms with E-state index in [9.17, 15) is 17.7 Å². The van der Waals surface area contributed by atoms with Crippen LogP contribution in [-0.4, -0.2) is 22.3 Å². The van der Waals surface area contributed by atoms with Crippen molar-refractivity contribution < 1.29 is 69.1 Å². The third-order valence-electron chi connectivity index (χ3n) is 1.41. The number of carbonyl (C=O) groups excluding carboxylic acids is 1. The van der Waals surface area contributed by atoms with E-state index in [1.165, 1.54) is 6.92 Å². The molecule has 1 rings (SSSR count). The number of imidazole rings is 1. The fourth-order valence-corrected chi connectivity index (χ4v) is 0.881. The molecule has 0 bridgehead atoms. The second kappa shape index (κ2) is 5.45. The van der Waals surface area contributed by atoms with Gasteiger partial charge in [-0.25, -0.2) is 4.98 Å². The van der Waals surface area contributed by atoms with Crippen molar-refractivity contribution in [1.29, 1.82) is 0 Å². The number of nitrogens with zero attached hydrogens (tertiary/aromatic N) is 2. The Hall–Kier alpha value is 0.371. The molecular formula is C6H7BF3KN2O. The van der Waals surface area contributed by atoms with E-state index < -0.39 is 13.4 Å². The Morgan fingerprint density at radius 2 is 2.14 bits per heavy atom. The SMILES string of the molecule is CC(=O)c1cn(C[B-](F)(F)F)cn1.[K+]. The molecule has 1 aromatic heterocycles. The zero-order chi connectivity index (χ0) is 10.1. The Bertz CT molecular complexity index is 325. The number of rotatable bonds is 3. The maximum Gasteiger partial charge on any atom is 1.00 e. The van der Waals surface area contributed by atoms with E-state index in [1.807, 2.05) is 0 Å². The van der Waals surface area contributed by atoms with Crippen molar-refractivity contribution in [3.8, 4) is 0 Å². The summed E-state index contributed by atoms with van der Waals surface area (Å²) in [6, 6.07) is 0. The Labute approximate surface area is 122 Å². The molecule has 0 saturated carbocycles. The summed E-state index contributed by atoms with van der Waals surface area (Å²) in [5, 5.41) is 0. The summed E-state index contributed by atoms with van der Waals surface area (Å²) in [6.45, 7) is -3.62. The van der Waals surface area contributed by atoms with E-state index >= 15 is 0 Å². The van der Waals surface area contributed by atoms with Gasteiger partial charge in [0.15, 0.2) is 5.78 Å². The number of Topliss-reactive ketones (excluding diaryl/α,β-unsaturated/α-hetero) is 1. The predicted molar refractivity (Wildman–Crippen MR) is 41.3 cm³/mol. The van der Waals surface area contributed by atoms with E-state index in [-0.39, 0.29) is 62.9 Å². The van der Waals surface area contributed by atoms with Crippen LogP contribution in [0.15, 0.2) is 12.5 Å². The Morgan fingerprint density at radius 1 is 1.57 bits per heavy atom. The molecule has 1 aromatic rings. The van der Waals surface area contributed by atoms with Gasteiger partial charge in [0.05, 0.1) is 6.33 Å². The second-order valence-electron chi connectivity index (χ2n) is 2.72. The number of carbonyl (C=O) groups is 1. The summed E-state index contributed by atoms with van der Waals surface area (Å²) in [5.41, 5.74) is 0.0556. The molecule has 0 N–H and O–H groups in total. The van der Waals surface area contributed by atoms with Gasteiger partial charge in [0.25, 0.3) is 0 Å². The van der Waals surface area contributed by atoms with Crippen LogP contribution < -0.4 is 51.4 Å². The molecule has 0 saturated heterocycles. The van der Waals surface area contributed by atoms with Gasteiger partial charge in [-0.2, -0.15) is 0 Å². The fourth-order valence-electron chi connectivity index (χ4n) is 0.881. The molecule has 0 aliphatic rings. The average molecular weight is 230 g/mol. The summed E-state index contributed by atoms with van der Waals surface area (Å²) in [5.74, 6) is -0.339. The predicted octanol–water partition coefficient (Wildman–Crippen LogP) is -1.52. The molecule has 0 aliphatic carbocycles. The molecule has 0 fully saturated rings. The van der Waals surface area contributed by atoms with Crippen LogP contribution in [0.2, 0.25) is 0 Å². The van der Waals surface area contributed by atoms with Crippen LogP contribution in [-0.2, 0) is 6.44 Å². The van der Waals surface area contributed by atoms with E-state index in [0.717, 1.165) is 17.1 Å². The second-order valence-corrected chi connectivity index (χ2v) is 2.72. The number of halogens is 3. The summed E-state index contributed by atoms with van der Waals surface area (Å²) >= 11 is 0. The summed E-state index contributed by atoms with van der Waals surface area (Å²) in [7, 11) is 0. The van der Waals surface area contributed by atoms with Crippen molar-refractivity contribution in [3.05, 3.63) is 18.2 Å². The van der Waals surface area contributed by atoms with Gasteiger partial charge in [-0.1, -0.05) is 0 Å². The summed E-state index contributed by atoms with van der Waals surface area (Å²) in [6.07, 6.45) is 1.05. The summed E-state index contributed by atoms with van der Waals surface area (Å²) in [4.78, 5) is 14.2. The summed E-state index contributed by atoms with van der Waals surface area (Å²) < 4.78 is 36.5. The Balaban J connectivity index is 0.00000169. The van der Waals surface area contributed by atoms with Crippen LogP contribution in [0.4, 0.5) is 12.9 Å². The van der Waals surface area contributed by atoms with Gasteiger partial charge in [0.2, 0.25) is 0 Å². The van der Waals surface area contributed by atoms with Crippen molar-refractivity contribution in [3.63, 3.8) is 0 Å². The number of ketones is 1. The first-order valence-electron chi connectivity index (χ1n) is 3.62. The van der Waals surface area contributed by atoms with Crippen LogP contribution in [0.5, 0.6) is 0 Å². The first-order valence-corrected chi connectivity index (χ1v) is 3.62. The maximum atomic E-state index is 11.9. The smallest absolute Gasteiger partial charge is 0.448 e. The zero-order valence-electron chi connectivity index (χ0n) is 7.88. The molecule has 8 heteroatoms. The molecule has 0 spiro atoms. The normalized spacial score (nSPS) is 10.9. The van der Waals surface area contributed by atoms with Crippen LogP contribution in [0.3, 0.4) is 0 Å². The van der Waals surface area contributed by atoms with Crippen LogP contribution in [0, 0.1) is 0 Å². The molecule has 0 atom stereocenters. The third-order valence-corrected chi connectivity index (χ3v) is 1.41. The first-order chi connectivity index (χ1) is 5.88. The van der Waals surface area contributed by atoms with Crippen LogP contribution in [0.1, 0.15) is 17.4 Å². The standard InChI is InChI=1S/C6H7BF3N2O.K/c1-5(13)6-2-12(4-11-6)3-7(8,9)10;/h2,4H,3H2,1H3;/q-1;+1. The monoisotopic (exact) mass is 230 g/mol. The van der Waals surface area contributed by atoms with Gasteiger partial charge >= 0.3 is 58.4 Å². The zero-order valence-corrected chi connectivity index (χ0v) is 11.0. The van der Waals surface area contributed by atoms with Gasteiger partial charge in [0.1, 0.15) is 5.69 Å². The minimum Gasteiger partial charge on any atom is -0.448 e. The van der Waals surface area contributed by atoms with Crippen LogP contribution in [0.25, 0.3) is 0 Å². The number of aromatic nitrogens is 2. The topological polar surface area (TPSA) is 34.9 Å². The van der Waals surface area contributed by atoms with Gasteiger partial charge < -0.3 is 17.5 Å². The minimum absolute atomic E-state index is 0. The van der Waals surface area contributed by atoms with Crippen molar-refractivity contribution in [2.75, 3.05) is 0 Å². The van der Waals surface area contributed by atoms with E-state index in [1.54, 1.807) is 0 Å². The molecule has 14 heavy (non-hydrogen) atoms.